The smallest absolute Gasteiger partial charge is 0.404 e. The predicted molar refractivity (Wildman–Crippen MR) is 115 cm³/mol. The van der Waals surface area contributed by atoms with Crippen LogP contribution < -0.4 is 9.04 Å². The number of nitrogens with one attached hydrogen (secondary N) is 1. The molecule has 0 aliphatic heterocycles. The normalized spacial score (nSPS) is 13.8. The summed E-state index contributed by atoms with van der Waals surface area (Å²) < 4.78 is 71.2. The van der Waals surface area contributed by atoms with E-state index in [0.717, 1.165) is 10.7 Å². The Morgan fingerprint density at radius 3 is 2.48 bits per heavy atom. The first-order valence-electron chi connectivity index (χ1n) is 10.1. The van der Waals surface area contributed by atoms with Crippen LogP contribution in [0.2, 0.25) is 0 Å². The Morgan fingerprint density at radius 2 is 1.90 bits per heavy atom. The summed E-state index contributed by atoms with van der Waals surface area (Å²) in [5.74, 6) is -1.28. The second-order valence-corrected chi connectivity index (χ2v) is 10.6. The van der Waals surface area contributed by atoms with Gasteiger partial charge in [0, 0.05) is 22.7 Å². The Bertz CT molecular complexity index is 966. The Labute approximate surface area is 181 Å². The van der Waals surface area contributed by atoms with Crippen LogP contribution >= 0.6 is 0 Å². The summed E-state index contributed by atoms with van der Waals surface area (Å²) in [6, 6.07) is 6.13. The Kier molecular flexibility index (Phi) is 7.67. The third-order valence-corrected chi connectivity index (χ3v) is 6.50. The highest BCUT2D eigenvalue weighted by molar-refractivity contribution is 7.92. The zero-order chi connectivity index (χ0) is 23.4. The van der Waals surface area contributed by atoms with Gasteiger partial charge in [-0.05, 0) is 18.1 Å². The van der Waals surface area contributed by atoms with E-state index in [1.807, 2.05) is 34.6 Å². The molecule has 1 aromatic carbocycles. The van der Waals surface area contributed by atoms with Crippen LogP contribution in [0.25, 0.3) is 0 Å². The van der Waals surface area contributed by atoms with Crippen LogP contribution in [0.4, 0.5) is 18.9 Å². The van der Waals surface area contributed by atoms with Crippen molar-refractivity contribution >= 4 is 15.7 Å². The van der Waals surface area contributed by atoms with Crippen molar-refractivity contribution in [1.29, 1.82) is 0 Å². The number of halogens is 3. The van der Waals surface area contributed by atoms with Crippen molar-refractivity contribution in [3.8, 4) is 5.75 Å². The molecule has 2 rings (SSSR count). The average Bonchev–Trinajstić information content (AvgIpc) is 3.11. The van der Waals surface area contributed by atoms with Crippen molar-refractivity contribution in [2.45, 2.75) is 59.2 Å². The van der Waals surface area contributed by atoms with Gasteiger partial charge in [-0.15, -0.1) is 0 Å². The third-order valence-electron chi connectivity index (χ3n) is 4.80. The van der Waals surface area contributed by atoms with E-state index in [1.165, 1.54) is 18.3 Å². The molecular weight excluding hydrogens is 431 g/mol. The molecule has 6 nitrogen and oxygen atoms in total. The zero-order valence-electron chi connectivity index (χ0n) is 18.5. The maximum absolute atomic E-state index is 13.1. The summed E-state index contributed by atoms with van der Waals surface area (Å²) in [5, 5.41) is 6.81. The van der Waals surface area contributed by atoms with Gasteiger partial charge >= 0.3 is 6.18 Å². The summed E-state index contributed by atoms with van der Waals surface area (Å²) in [7, 11) is -4.71. The lowest BCUT2D eigenvalue weighted by Gasteiger charge is -2.27. The van der Waals surface area contributed by atoms with Crippen molar-refractivity contribution in [2.24, 2.45) is 5.92 Å². The first kappa shape index (κ1) is 25.0. The predicted octanol–water partition coefficient (Wildman–Crippen LogP) is 5.03. The van der Waals surface area contributed by atoms with Crippen LogP contribution in [-0.4, -0.2) is 37.2 Å². The van der Waals surface area contributed by atoms with Gasteiger partial charge in [0.2, 0.25) is 10.0 Å². The summed E-state index contributed by atoms with van der Waals surface area (Å²) in [5.41, 5.74) is 0.868. The molecule has 1 atom stereocenters. The number of H-pyrrole nitrogens is 1. The molecule has 0 amide bonds. The van der Waals surface area contributed by atoms with Gasteiger partial charge in [0.05, 0.1) is 25.0 Å². The molecule has 2 aromatic rings. The largest absolute Gasteiger partial charge is 0.493 e. The van der Waals surface area contributed by atoms with Crippen molar-refractivity contribution in [1.82, 2.24) is 10.2 Å². The van der Waals surface area contributed by atoms with Gasteiger partial charge in [-0.25, -0.2) is 8.42 Å². The third kappa shape index (κ3) is 7.15. The lowest BCUT2D eigenvalue weighted by molar-refractivity contribution is -0.106. The number of hydrogen-bond donors (Lipinski definition) is 1. The number of aromatic amines is 1. The lowest BCUT2D eigenvalue weighted by Crippen LogP contribution is -2.38. The fourth-order valence-electron chi connectivity index (χ4n) is 2.95. The van der Waals surface area contributed by atoms with E-state index in [2.05, 4.69) is 10.2 Å². The summed E-state index contributed by atoms with van der Waals surface area (Å²) in [6.07, 6.45) is -2.52. The molecule has 1 unspecified atom stereocenters. The fourth-order valence-corrected chi connectivity index (χ4v) is 4.29. The highest BCUT2D eigenvalue weighted by atomic mass is 32.2. The van der Waals surface area contributed by atoms with E-state index in [4.69, 9.17) is 4.74 Å². The van der Waals surface area contributed by atoms with Crippen LogP contribution in [0.15, 0.2) is 30.5 Å². The van der Waals surface area contributed by atoms with Crippen LogP contribution in [-0.2, 0) is 22.0 Å². The molecule has 0 saturated carbocycles. The van der Waals surface area contributed by atoms with Crippen LogP contribution in [0.3, 0.4) is 0 Å². The van der Waals surface area contributed by atoms with Gasteiger partial charge in [0.15, 0.2) is 5.75 Å². The van der Waals surface area contributed by atoms with Gasteiger partial charge in [-0.1, -0.05) is 47.1 Å². The minimum Gasteiger partial charge on any atom is -0.493 e. The molecule has 0 aliphatic rings. The molecule has 0 fully saturated rings. The molecular formula is C21H30F3N3O3S. The minimum absolute atomic E-state index is 0.104. The van der Waals surface area contributed by atoms with E-state index in [0.29, 0.717) is 23.6 Å². The van der Waals surface area contributed by atoms with Gasteiger partial charge < -0.3 is 4.74 Å². The molecule has 31 heavy (non-hydrogen) atoms. The quantitative estimate of drug-likeness (QED) is 0.568. The SMILES string of the molecule is CCC(C)COc1cccc(N(Cc2cn[nH]c2C(C)(C)C)S(=O)(=O)CC(F)(F)F)c1. The minimum atomic E-state index is -4.87. The van der Waals surface area contributed by atoms with E-state index in [1.54, 1.807) is 12.1 Å². The standard InChI is InChI=1S/C21H30F3N3O3S/c1-6-15(2)13-30-18-9-7-8-17(10-18)27(31(28,29)14-21(22,23)24)12-16-11-25-26-19(16)20(3,4)5/h7-11,15H,6,12-14H2,1-5H3,(H,25,26). The first-order chi connectivity index (χ1) is 14.2. The maximum atomic E-state index is 13.1. The topological polar surface area (TPSA) is 75.3 Å². The number of nitrogens with zero attached hydrogens (tertiary/aromatic N) is 2. The molecule has 0 saturated heterocycles. The van der Waals surface area contributed by atoms with Crippen molar-refractivity contribution in [2.75, 3.05) is 16.7 Å². The van der Waals surface area contributed by atoms with Crippen molar-refractivity contribution < 1.29 is 26.3 Å². The fraction of sp³-hybridized carbons (Fsp3) is 0.571. The number of sulfonamides is 1. The van der Waals surface area contributed by atoms with Gasteiger partial charge in [-0.3, -0.25) is 9.40 Å². The monoisotopic (exact) mass is 461 g/mol. The molecule has 10 heteroatoms. The van der Waals surface area contributed by atoms with Crippen LogP contribution in [0.5, 0.6) is 5.75 Å². The summed E-state index contributed by atoms with van der Waals surface area (Å²) in [4.78, 5) is 0. The number of rotatable bonds is 9. The number of ether oxygens (including phenoxy) is 1. The highest BCUT2D eigenvalue weighted by Gasteiger charge is 2.39. The molecule has 0 spiro atoms. The van der Waals surface area contributed by atoms with E-state index >= 15 is 0 Å². The van der Waals surface area contributed by atoms with E-state index in [-0.39, 0.29) is 18.2 Å². The highest BCUT2D eigenvalue weighted by Crippen LogP contribution is 2.31. The summed E-state index contributed by atoms with van der Waals surface area (Å²) >= 11 is 0. The second kappa shape index (κ2) is 9.50. The summed E-state index contributed by atoms with van der Waals surface area (Å²) in [6.45, 7) is 9.89. The molecule has 1 N–H and O–H groups in total. The number of alkyl halides is 3. The number of anilines is 1. The van der Waals surface area contributed by atoms with Gasteiger partial charge in [-0.2, -0.15) is 18.3 Å². The molecule has 1 aromatic heterocycles. The number of hydrogen-bond acceptors (Lipinski definition) is 4. The molecule has 0 aliphatic carbocycles. The molecule has 0 radical (unpaired) electrons. The Hall–Kier alpha value is -2.23. The van der Waals surface area contributed by atoms with Gasteiger partial charge in [0.1, 0.15) is 5.75 Å². The average molecular weight is 462 g/mol. The molecule has 0 bridgehead atoms. The second-order valence-electron chi connectivity index (χ2n) is 8.72. The Balaban J connectivity index is 2.45. The van der Waals surface area contributed by atoms with Gasteiger partial charge in [0.25, 0.3) is 0 Å². The first-order valence-corrected chi connectivity index (χ1v) is 11.7. The maximum Gasteiger partial charge on any atom is 0.404 e. The van der Waals surface area contributed by atoms with Crippen molar-refractivity contribution in [3.05, 3.63) is 41.7 Å². The van der Waals surface area contributed by atoms with Crippen LogP contribution in [0.1, 0.15) is 52.3 Å². The van der Waals surface area contributed by atoms with Crippen LogP contribution in [0, 0.1) is 5.92 Å². The van der Waals surface area contributed by atoms with E-state index in [9.17, 15) is 21.6 Å². The van der Waals surface area contributed by atoms with Crippen molar-refractivity contribution in [3.63, 3.8) is 0 Å². The van der Waals surface area contributed by atoms with E-state index < -0.39 is 27.4 Å². The number of aromatic nitrogens is 2. The Morgan fingerprint density at radius 1 is 1.23 bits per heavy atom. The number of benzene rings is 1. The zero-order valence-corrected chi connectivity index (χ0v) is 19.3. The molecule has 174 valence electrons. The lowest BCUT2D eigenvalue weighted by atomic mass is 9.89. The molecule has 1 heterocycles.